The minimum atomic E-state index is -0.0388. The molecule has 0 radical (unpaired) electrons. The van der Waals surface area contributed by atoms with Gasteiger partial charge in [-0.1, -0.05) is 42.8 Å². The molecule has 0 bridgehead atoms. The van der Waals surface area contributed by atoms with Gasteiger partial charge in [0.25, 0.3) is 5.91 Å². The molecule has 2 nitrogen and oxygen atoms in total. The van der Waals surface area contributed by atoms with Crippen molar-refractivity contribution in [3.05, 3.63) is 70.2 Å². The van der Waals surface area contributed by atoms with Crippen molar-refractivity contribution >= 4 is 30.1 Å². The van der Waals surface area contributed by atoms with Crippen molar-refractivity contribution in [2.24, 2.45) is 0 Å². The van der Waals surface area contributed by atoms with Gasteiger partial charge in [-0.25, -0.2) is 0 Å². The Morgan fingerprint density at radius 3 is 2.09 bits per heavy atom. The van der Waals surface area contributed by atoms with Crippen molar-refractivity contribution in [2.75, 3.05) is 0 Å². The maximum Gasteiger partial charge on any atom is 0.251 e. The minimum absolute atomic E-state index is 0.0380. The van der Waals surface area contributed by atoms with E-state index in [0.717, 1.165) is 17.5 Å². The van der Waals surface area contributed by atoms with Gasteiger partial charge in [0, 0.05) is 16.6 Å². The molecule has 22 heavy (non-hydrogen) atoms. The molecule has 0 saturated carbocycles. The minimum Gasteiger partial charge on any atom is -0.350 e. The van der Waals surface area contributed by atoms with E-state index in [1.165, 1.54) is 0 Å². The fraction of sp³-hybridized carbons (Fsp3) is 0.278. The van der Waals surface area contributed by atoms with Crippen LogP contribution in [-0.2, 0) is 0 Å². The van der Waals surface area contributed by atoms with Crippen molar-refractivity contribution in [1.29, 1.82) is 0 Å². The third-order valence-electron chi connectivity index (χ3n) is 3.66. The van der Waals surface area contributed by atoms with Gasteiger partial charge in [-0.15, -0.1) is 0 Å². The lowest BCUT2D eigenvalue weighted by molar-refractivity contribution is 0.0939. The summed E-state index contributed by atoms with van der Waals surface area (Å²) in [5.41, 5.74) is 2.79. The average molecular weight is 334 g/mol. The molecule has 0 aliphatic heterocycles. The Balaban J connectivity index is 2.11. The van der Waals surface area contributed by atoms with E-state index >= 15 is 0 Å². The number of nitrogens with one attached hydrogen (secondary N) is 1. The Hall–Kier alpha value is -1.45. The number of amides is 1. The smallest absolute Gasteiger partial charge is 0.251 e. The lowest BCUT2D eigenvalue weighted by Gasteiger charge is -2.14. The second kappa shape index (κ2) is 7.70. The lowest BCUT2D eigenvalue weighted by atomic mass is 10.0. The third-order valence-corrected chi connectivity index (χ3v) is 4.51. The van der Waals surface area contributed by atoms with Crippen molar-refractivity contribution in [2.45, 2.75) is 31.6 Å². The molecule has 0 aliphatic rings. The van der Waals surface area contributed by atoms with Gasteiger partial charge in [0.15, 0.2) is 0 Å². The summed E-state index contributed by atoms with van der Waals surface area (Å²) in [6.07, 6.45) is 0.916. The zero-order valence-corrected chi connectivity index (χ0v) is 14.4. The number of benzene rings is 2. The summed E-state index contributed by atoms with van der Waals surface area (Å²) in [6, 6.07) is 15.4. The molecule has 2 aromatic rings. The molecule has 2 unspecified atom stereocenters. The van der Waals surface area contributed by atoms with Crippen LogP contribution in [0.25, 0.3) is 0 Å². The highest BCUT2D eigenvalue weighted by atomic mass is 35.5. The molecule has 0 saturated heterocycles. The zero-order valence-electron chi connectivity index (χ0n) is 12.7. The van der Waals surface area contributed by atoms with Crippen LogP contribution in [0, 0.1) is 0 Å². The Kier molecular flexibility index (Phi) is 5.92. The number of hydrogen-bond donors (Lipinski definition) is 2. The Bertz CT molecular complexity index is 625. The number of hydrogen-bond acceptors (Lipinski definition) is 2. The Morgan fingerprint density at radius 2 is 1.59 bits per heavy atom. The number of carbonyl (C=O) groups excluding carboxylic acids is 1. The van der Waals surface area contributed by atoms with Crippen molar-refractivity contribution in [3.63, 3.8) is 0 Å². The summed E-state index contributed by atoms with van der Waals surface area (Å²) in [6.45, 7) is 4.04. The second-order valence-electron chi connectivity index (χ2n) is 5.36. The van der Waals surface area contributed by atoms with Gasteiger partial charge >= 0.3 is 0 Å². The first-order valence-corrected chi connectivity index (χ1v) is 8.25. The van der Waals surface area contributed by atoms with Gasteiger partial charge in [-0.2, -0.15) is 12.6 Å². The molecule has 0 aromatic heterocycles. The van der Waals surface area contributed by atoms with E-state index in [2.05, 4.69) is 17.9 Å². The fourth-order valence-corrected chi connectivity index (χ4v) is 2.53. The van der Waals surface area contributed by atoms with Gasteiger partial charge < -0.3 is 5.32 Å². The van der Waals surface area contributed by atoms with Crippen LogP contribution in [0.5, 0.6) is 0 Å². The Labute approximate surface area is 142 Å². The monoisotopic (exact) mass is 333 g/mol. The first-order chi connectivity index (χ1) is 10.5. The van der Waals surface area contributed by atoms with Crippen LogP contribution in [0.4, 0.5) is 0 Å². The lowest BCUT2D eigenvalue weighted by Crippen LogP contribution is -2.31. The van der Waals surface area contributed by atoms with Gasteiger partial charge in [0.2, 0.25) is 0 Å². The third kappa shape index (κ3) is 4.28. The van der Waals surface area contributed by atoms with E-state index in [1.807, 2.05) is 62.4 Å². The summed E-state index contributed by atoms with van der Waals surface area (Å²) in [5, 5.41) is 3.63. The van der Waals surface area contributed by atoms with Crippen LogP contribution in [0.1, 0.15) is 47.0 Å². The quantitative estimate of drug-likeness (QED) is 0.750. The van der Waals surface area contributed by atoms with Crippen molar-refractivity contribution < 1.29 is 4.79 Å². The number of rotatable bonds is 5. The molecule has 0 heterocycles. The first-order valence-electron chi connectivity index (χ1n) is 7.35. The SMILES string of the molecule is CCC(C)NC(=O)c1ccc(C(S)c2ccc(Cl)cc2)cc1. The molecular formula is C18H20ClNOS. The van der Waals surface area contributed by atoms with Crippen LogP contribution >= 0.6 is 24.2 Å². The zero-order chi connectivity index (χ0) is 16.1. The summed E-state index contributed by atoms with van der Waals surface area (Å²) in [4.78, 5) is 12.1. The molecule has 0 fully saturated rings. The van der Waals surface area contributed by atoms with E-state index < -0.39 is 0 Å². The van der Waals surface area contributed by atoms with Crippen LogP contribution < -0.4 is 5.32 Å². The highest BCUT2D eigenvalue weighted by Crippen LogP contribution is 2.29. The second-order valence-corrected chi connectivity index (χ2v) is 6.31. The van der Waals surface area contributed by atoms with E-state index in [0.29, 0.717) is 10.6 Å². The molecule has 2 aromatic carbocycles. The maximum absolute atomic E-state index is 12.1. The van der Waals surface area contributed by atoms with Gasteiger partial charge in [0.1, 0.15) is 0 Å². The van der Waals surface area contributed by atoms with Crippen molar-refractivity contribution in [1.82, 2.24) is 5.32 Å². The molecule has 0 spiro atoms. The highest BCUT2D eigenvalue weighted by Gasteiger charge is 2.12. The Morgan fingerprint density at radius 1 is 1.09 bits per heavy atom. The molecule has 2 atom stereocenters. The van der Waals surface area contributed by atoms with Crippen LogP contribution in [0.2, 0.25) is 5.02 Å². The highest BCUT2D eigenvalue weighted by molar-refractivity contribution is 7.80. The van der Waals surface area contributed by atoms with Gasteiger partial charge in [0.05, 0.1) is 5.25 Å². The van der Waals surface area contributed by atoms with Gasteiger partial charge in [-0.05, 0) is 48.7 Å². The van der Waals surface area contributed by atoms with Crippen LogP contribution in [0.15, 0.2) is 48.5 Å². The summed E-state index contributed by atoms with van der Waals surface area (Å²) in [7, 11) is 0. The summed E-state index contributed by atoms with van der Waals surface area (Å²) < 4.78 is 0. The topological polar surface area (TPSA) is 29.1 Å². The van der Waals surface area contributed by atoms with E-state index in [4.69, 9.17) is 11.6 Å². The first kappa shape index (κ1) is 16.9. The summed E-state index contributed by atoms with van der Waals surface area (Å²) >= 11 is 10.6. The van der Waals surface area contributed by atoms with E-state index in [-0.39, 0.29) is 17.2 Å². The normalized spacial score (nSPS) is 13.5. The molecular weight excluding hydrogens is 314 g/mol. The standard InChI is InChI=1S/C18H20ClNOS/c1-3-12(2)20-18(21)15-6-4-13(5-7-15)17(22)14-8-10-16(19)11-9-14/h4-12,17,22H,3H2,1-2H3,(H,20,21). The largest absolute Gasteiger partial charge is 0.350 e. The predicted molar refractivity (Wildman–Crippen MR) is 95.9 cm³/mol. The molecule has 116 valence electrons. The number of halogens is 1. The maximum atomic E-state index is 12.1. The average Bonchev–Trinajstić information content (AvgIpc) is 2.55. The molecule has 1 amide bonds. The number of thiol groups is 1. The predicted octanol–water partition coefficient (Wildman–Crippen LogP) is 4.89. The molecule has 4 heteroatoms. The van der Waals surface area contributed by atoms with Crippen LogP contribution in [-0.4, -0.2) is 11.9 Å². The fourth-order valence-electron chi connectivity index (χ4n) is 2.06. The number of carbonyl (C=O) groups is 1. The molecule has 1 N–H and O–H groups in total. The summed E-state index contributed by atoms with van der Waals surface area (Å²) in [5.74, 6) is -0.0388. The van der Waals surface area contributed by atoms with Crippen molar-refractivity contribution in [3.8, 4) is 0 Å². The van der Waals surface area contributed by atoms with E-state index in [9.17, 15) is 4.79 Å². The van der Waals surface area contributed by atoms with Crippen LogP contribution in [0.3, 0.4) is 0 Å². The van der Waals surface area contributed by atoms with E-state index in [1.54, 1.807) is 0 Å². The molecule has 0 aliphatic carbocycles. The molecule has 2 rings (SSSR count). The van der Waals surface area contributed by atoms with Gasteiger partial charge in [-0.3, -0.25) is 4.79 Å².